The zero-order valence-corrected chi connectivity index (χ0v) is 21.5. The first-order chi connectivity index (χ1) is 16.7. The van der Waals surface area contributed by atoms with Gasteiger partial charge in [-0.3, -0.25) is 14.4 Å². The number of hydrogen-bond donors (Lipinski definition) is 5. The van der Waals surface area contributed by atoms with Crippen molar-refractivity contribution in [3.05, 3.63) is 58.2 Å². The Kier molecular flexibility index (Phi) is 11.8. The number of nitrogens with zero attached hydrogens (tertiary/aromatic N) is 2. The molecule has 0 aliphatic carbocycles. The van der Waals surface area contributed by atoms with Crippen LogP contribution < -0.4 is 27.8 Å². The van der Waals surface area contributed by atoms with Gasteiger partial charge < -0.3 is 32.7 Å². The number of carbonyl (C=O) groups excluding carboxylic acids is 3. The maximum atomic E-state index is 13.1. The summed E-state index contributed by atoms with van der Waals surface area (Å²) in [6.45, 7) is 3.01. The average Bonchev–Trinajstić information content (AvgIpc) is 2.84. The number of hydrogen-bond acceptors (Lipinski definition) is 7. The molecule has 1 heterocycles. The summed E-state index contributed by atoms with van der Waals surface area (Å²) in [5.41, 5.74) is 18.9. The first-order valence-corrected chi connectivity index (χ1v) is 12.3. The van der Waals surface area contributed by atoms with Crippen LogP contribution in [0, 0.1) is 6.92 Å². The lowest BCUT2D eigenvalue weighted by Gasteiger charge is -2.24. The lowest BCUT2D eigenvalue weighted by Crippen LogP contribution is -2.52. The van der Waals surface area contributed by atoms with Crippen molar-refractivity contribution in [1.29, 1.82) is 0 Å². The molecule has 8 N–H and O–H groups in total. The zero-order valence-electron chi connectivity index (χ0n) is 19.9. The summed E-state index contributed by atoms with van der Waals surface area (Å²) >= 11 is 3.38. The van der Waals surface area contributed by atoms with E-state index in [0.29, 0.717) is 37.4 Å². The zero-order chi connectivity index (χ0) is 25.8. The van der Waals surface area contributed by atoms with Crippen LogP contribution in [0.4, 0.5) is 5.82 Å². The number of nitrogens with two attached hydrogens (primary N) is 3. The molecule has 0 aliphatic heterocycles. The van der Waals surface area contributed by atoms with Gasteiger partial charge in [0, 0.05) is 30.7 Å². The van der Waals surface area contributed by atoms with Crippen LogP contribution in [-0.2, 0) is 20.8 Å². The van der Waals surface area contributed by atoms with Crippen molar-refractivity contribution >= 4 is 39.5 Å². The van der Waals surface area contributed by atoms with E-state index in [1.807, 2.05) is 37.3 Å². The lowest BCUT2D eigenvalue weighted by atomic mass is 10.0. The molecule has 1 aromatic carbocycles. The molecule has 0 bridgehead atoms. The van der Waals surface area contributed by atoms with Gasteiger partial charge in [0.25, 0.3) is 0 Å². The van der Waals surface area contributed by atoms with Crippen LogP contribution in [0.1, 0.15) is 24.1 Å². The second-order valence-electron chi connectivity index (χ2n) is 8.11. The van der Waals surface area contributed by atoms with E-state index in [9.17, 15) is 14.4 Å². The van der Waals surface area contributed by atoms with E-state index in [0.717, 1.165) is 10.0 Å². The standard InChI is InChI=1S/C24H34BrN7O3/c1-16-18(25)8-10-21(29-16)31-24(35)20(9-7-17-5-3-2-4-6-17)30-23(34)19(28)15-22(33)32(13-11-26)14-12-27/h2-6,8,10,19-20H,7,9,11-15,26-28H2,1H3,(H,30,34)(H,29,31,35). The summed E-state index contributed by atoms with van der Waals surface area (Å²) in [6, 6.07) is 11.1. The summed E-state index contributed by atoms with van der Waals surface area (Å²) in [5, 5.41) is 5.46. The lowest BCUT2D eigenvalue weighted by molar-refractivity contribution is -0.134. The normalized spacial score (nSPS) is 12.5. The molecule has 0 saturated heterocycles. The molecule has 2 aromatic rings. The molecule has 190 valence electrons. The van der Waals surface area contributed by atoms with Gasteiger partial charge in [0.05, 0.1) is 18.2 Å². The van der Waals surface area contributed by atoms with Gasteiger partial charge in [0.2, 0.25) is 17.7 Å². The number of rotatable bonds is 13. The highest BCUT2D eigenvalue weighted by molar-refractivity contribution is 9.10. The maximum Gasteiger partial charge on any atom is 0.248 e. The van der Waals surface area contributed by atoms with E-state index < -0.39 is 23.9 Å². The molecule has 2 rings (SSSR count). The quantitative estimate of drug-likeness (QED) is 0.245. The Morgan fingerprint density at radius 2 is 1.69 bits per heavy atom. The summed E-state index contributed by atoms with van der Waals surface area (Å²) in [6.07, 6.45) is 0.678. The van der Waals surface area contributed by atoms with Crippen LogP contribution in [0.2, 0.25) is 0 Å². The van der Waals surface area contributed by atoms with Gasteiger partial charge in [0.15, 0.2) is 0 Å². The fourth-order valence-corrected chi connectivity index (χ4v) is 3.63. The minimum Gasteiger partial charge on any atom is -0.343 e. The predicted molar refractivity (Wildman–Crippen MR) is 139 cm³/mol. The van der Waals surface area contributed by atoms with Crippen LogP contribution in [0.25, 0.3) is 0 Å². The van der Waals surface area contributed by atoms with Gasteiger partial charge in [-0.05, 0) is 53.4 Å². The summed E-state index contributed by atoms with van der Waals surface area (Å²) in [5.74, 6) is -0.960. The van der Waals surface area contributed by atoms with Crippen molar-refractivity contribution in [3.63, 3.8) is 0 Å². The predicted octanol–water partition coefficient (Wildman–Crippen LogP) is 0.672. The number of aryl methyl sites for hydroxylation is 2. The molecule has 2 unspecified atom stereocenters. The first kappa shape index (κ1) is 28.4. The Labute approximate surface area is 214 Å². The minimum absolute atomic E-state index is 0.216. The number of nitrogens with one attached hydrogen (secondary N) is 2. The Morgan fingerprint density at radius 1 is 1.03 bits per heavy atom. The van der Waals surface area contributed by atoms with Gasteiger partial charge in [-0.15, -0.1) is 0 Å². The van der Waals surface area contributed by atoms with Crippen molar-refractivity contribution in [2.45, 2.75) is 38.3 Å². The Morgan fingerprint density at radius 3 is 2.29 bits per heavy atom. The van der Waals surface area contributed by atoms with Crippen LogP contribution in [-0.4, -0.2) is 65.9 Å². The van der Waals surface area contributed by atoms with Gasteiger partial charge in [-0.25, -0.2) is 4.98 Å². The number of benzene rings is 1. The van der Waals surface area contributed by atoms with Crippen molar-refractivity contribution in [3.8, 4) is 0 Å². The monoisotopic (exact) mass is 547 g/mol. The van der Waals surface area contributed by atoms with Gasteiger partial charge in [-0.1, -0.05) is 30.3 Å². The molecule has 0 fully saturated rings. The average molecular weight is 548 g/mol. The van der Waals surface area contributed by atoms with Crippen LogP contribution >= 0.6 is 15.9 Å². The number of carbonyl (C=O) groups is 3. The van der Waals surface area contributed by atoms with Crippen molar-refractivity contribution in [1.82, 2.24) is 15.2 Å². The fraction of sp³-hybridized carbons (Fsp3) is 0.417. The largest absolute Gasteiger partial charge is 0.343 e. The van der Waals surface area contributed by atoms with E-state index >= 15 is 0 Å². The summed E-state index contributed by atoms with van der Waals surface area (Å²) < 4.78 is 0.818. The third kappa shape index (κ3) is 9.36. The van der Waals surface area contributed by atoms with E-state index in [1.165, 1.54) is 4.90 Å². The number of anilines is 1. The Bertz CT molecular complexity index is 984. The molecule has 0 saturated carbocycles. The summed E-state index contributed by atoms with van der Waals surface area (Å²) in [7, 11) is 0. The fourth-order valence-electron chi connectivity index (χ4n) is 3.41. The molecular formula is C24H34BrN7O3. The highest BCUT2D eigenvalue weighted by Crippen LogP contribution is 2.17. The van der Waals surface area contributed by atoms with E-state index in [1.54, 1.807) is 12.1 Å². The molecule has 1 aromatic heterocycles. The second-order valence-corrected chi connectivity index (χ2v) is 8.96. The topological polar surface area (TPSA) is 169 Å². The summed E-state index contributed by atoms with van der Waals surface area (Å²) in [4.78, 5) is 44.3. The SMILES string of the molecule is Cc1nc(NC(=O)C(CCc2ccccc2)NC(=O)C(N)CC(=O)N(CCN)CCN)ccc1Br. The highest BCUT2D eigenvalue weighted by atomic mass is 79.9. The van der Waals surface area contributed by atoms with Crippen LogP contribution in [0.15, 0.2) is 46.9 Å². The molecule has 3 amide bonds. The highest BCUT2D eigenvalue weighted by Gasteiger charge is 2.26. The Hall–Kier alpha value is -2.86. The molecule has 2 atom stereocenters. The van der Waals surface area contributed by atoms with Gasteiger partial charge in [0.1, 0.15) is 11.9 Å². The number of aromatic nitrogens is 1. The molecule has 0 spiro atoms. The number of amides is 3. The third-order valence-corrected chi connectivity index (χ3v) is 6.19. The molecule has 35 heavy (non-hydrogen) atoms. The number of halogens is 1. The molecule has 10 nitrogen and oxygen atoms in total. The third-order valence-electron chi connectivity index (χ3n) is 5.35. The molecular weight excluding hydrogens is 514 g/mol. The van der Waals surface area contributed by atoms with Crippen LogP contribution in [0.5, 0.6) is 0 Å². The second kappa shape index (κ2) is 14.5. The molecule has 11 heteroatoms. The Balaban J connectivity index is 2.09. The van der Waals surface area contributed by atoms with Crippen LogP contribution in [0.3, 0.4) is 0 Å². The van der Waals surface area contributed by atoms with Gasteiger partial charge >= 0.3 is 0 Å². The maximum absolute atomic E-state index is 13.1. The minimum atomic E-state index is -1.12. The molecule has 0 radical (unpaired) electrons. The number of pyridine rings is 1. The first-order valence-electron chi connectivity index (χ1n) is 11.5. The molecule has 0 aliphatic rings. The van der Waals surface area contributed by atoms with E-state index in [-0.39, 0.29) is 25.4 Å². The van der Waals surface area contributed by atoms with Crippen molar-refractivity contribution in [2.75, 3.05) is 31.5 Å². The van der Waals surface area contributed by atoms with Gasteiger partial charge in [-0.2, -0.15) is 0 Å². The van der Waals surface area contributed by atoms with E-state index in [2.05, 4.69) is 31.5 Å². The smallest absolute Gasteiger partial charge is 0.248 e. The van der Waals surface area contributed by atoms with Crippen molar-refractivity contribution < 1.29 is 14.4 Å². The van der Waals surface area contributed by atoms with Crippen molar-refractivity contribution in [2.24, 2.45) is 17.2 Å². The van der Waals surface area contributed by atoms with E-state index in [4.69, 9.17) is 17.2 Å².